The van der Waals surface area contributed by atoms with Gasteiger partial charge in [-0.3, -0.25) is 4.79 Å². The maximum absolute atomic E-state index is 14.9. The van der Waals surface area contributed by atoms with Crippen LogP contribution in [0.15, 0.2) is 23.1 Å². The number of halogens is 2. The molecule has 1 aromatic carbocycles. The predicted molar refractivity (Wildman–Crippen MR) is 115 cm³/mol. The average molecular weight is 431 g/mol. The van der Waals surface area contributed by atoms with E-state index in [4.69, 9.17) is 10.5 Å². The first-order valence-electron chi connectivity index (χ1n) is 10.8. The fourth-order valence-corrected chi connectivity index (χ4v) is 4.25. The zero-order valence-electron chi connectivity index (χ0n) is 17.5. The first-order valence-corrected chi connectivity index (χ1v) is 10.8. The number of aromatic nitrogens is 1. The molecule has 0 bridgehead atoms. The molecule has 2 heterocycles. The van der Waals surface area contributed by atoms with Crippen LogP contribution >= 0.6 is 0 Å². The third-order valence-electron chi connectivity index (χ3n) is 6.03. The van der Waals surface area contributed by atoms with Gasteiger partial charge in [0.15, 0.2) is 11.6 Å². The van der Waals surface area contributed by atoms with E-state index in [1.807, 2.05) is 0 Å². The number of carbonyl (C=O) groups is 1. The highest BCUT2D eigenvalue weighted by Crippen LogP contribution is 2.38. The Bertz CT molecular complexity index is 1090. The van der Waals surface area contributed by atoms with Crippen LogP contribution in [-0.4, -0.2) is 36.3 Å². The molecular formula is C23H27F2N3O3. The molecule has 1 aliphatic carbocycles. The van der Waals surface area contributed by atoms with E-state index < -0.39 is 23.0 Å². The Balaban J connectivity index is 1.78. The number of nitrogens with two attached hydrogens (primary N) is 1. The van der Waals surface area contributed by atoms with Crippen LogP contribution in [0.4, 0.5) is 8.78 Å². The minimum absolute atomic E-state index is 0.0156. The minimum atomic E-state index is -1.12. The van der Waals surface area contributed by atoms with Crippen molar-refractivity contribution in [2.45, 2.75) is 44.7 Å². The van der Waals surface area contributed by atoms with Crippen molar-refractivity contribution in [3.05, 3.63) is 51.3 Å². The topological polar surface area (TPSA) is 86.3 Å². The lowest BCUT2D eigenvalue weighted by atomic mass is 10.0. The fourth-order valence-electron chi connectivity index (χ4n) is 4.25. The van der Waals surface area contributed by atoms with Crippen LogP contribution in [-0.2, 0) is 4.74 Å². The van der Waals surface area contributed by atoms with Gasteiger partial charge < -0.3 is 20.4 Å². The first kappa shape index (κ1) is 21.6. The summed E-state index contributed by atoms with van der Waals surface area (Å²) in [6.45, 7) is 3.23. The Kier molecular flexibility index (Phi) is 6.20. The molecule has 31 heavy (non-hydrogen) atoms. The van der Waals surface area contributed by atoms with Gasteiger partial charge in [-0.15, -0.1) is 0 Å². The molecular weight excluding hydrogens is 404 g/mol. The first-order chi connectivity index (χ1) is 14.9. The van der Waals surface area contributed by atoms with Gasteiger partial charge in [0.25, 0.3) is 0 Å². The van der Waals surface area contributed by atoms with Crippen LogP contribution in [0.2, 0.25) is 0 Å². The van der Waals surface area contributed by atoms with Crippen LogP contribution in [0.25, 0.3) is 17.0 Å². The molecule has 0 radical (unpaired) electrons. The summed E-state index contributed by atoms with van der Waals surface area (Å²) in [5.74, 6) is -2.45. The van der Waals surface area contributed by atoms with Crippen LogP contribution in [0.3, 0.4) is 0 Å². The molecule has 166 valence electrons. The third kappa shape index (κ3) is 4.27. The number of carbonyl (C=O) groups excluding carboxylic acids is 1. The Morgan fingerprint density at radius 2 is 2.16 bits per heavy atom. The van der Waals surface area contributed by atoms with Gasteiger partial charge in [0, 0.05) is 23.8 Å². The van der Waals surface area contributed by atoms with E-state index >= 15 is 0 Å². The number of esters is 1. The molecule has 1 aromatic heterocycles. The number of nitrogens with one attached hydrogen (secondary N) is 1. The maximum Gasteiger partial charge on any atom is 0.343 e. The molecule has 0 spiro atoms. The van der Waals surface area contributed by atoms with Crippen LogP contribution in [0.5, 0.6) is 0 Å². The average Bonchev–Trinajstić information content (AvgIpc) is 3.49. The van der Waals surface area contributed by atoms with E-state index in [1.165, 1.54) is 6.20 Å². The largest absolute Gasteiger partial charge is 0.462 e. The van der Waals surface area contributed by atoms with Crippen LogP contribution in [0, 0.1) is 17.6 Å². The molecule has 2 aromatic rings. The summed E-state index contributed by atoms with van der Waals surface area (Å²) in [5, 5.41) is 3.37. The molecule has 1 aliphatic heterocycles. The summed E-state index contributed by atoms with van der Waals surface area (Å²) in [4.78, 5) is 25.2. The molecule has 2 fully saturated rings. The monoisotopic (exact) mass is 431 g/mol. The van der Waals surface area contributed by atoms with Crippen molar-refractivity contribution in [3.63, 3.8) is 0 Å². The van der Waals surface area contributed by atoms with Gasteiger partial charge in [0.1, 0.15) is 5.56 Å². The normalized spacial score (nSPS) is 21.3. The molecule has 3 N–H and O–H groups in total. The van der Waals surface area contributed by atoms with Crippen molar-refractivity contribution in [2.75, 3.05) is 19.7 Å². The lowest BCUT2D eigenvalue weighted by Crippen LogP contribution is -2.22. The highest BCUT2D eigenvalue weighted by atomic mass is 19.2. The van der Waals surface area contributed by atoms with Crippen molar-refractivity contribution in [3.8, 4) is 0 Å². The third-order valence-corrected chi connectivity index (χ3v) is 6.03. The molecule has 2 aliphatic rings. The summed E-state index contributed by atoms with van der Waals surface area (Å²) in [7, 11) is 0. The quantitative estimate of drug-likeness (QED) is 0.658. The van der Waals surface area contributed by atoms with E-state index in [1.54, 1.807) is 23.6 Å². The Morgan fingerprint density at radius 1 is 1.39 bits per heavy atom. The van der Waals surface area contributed by atoms with E-state index in [2.05, 4.69) is 5.32 Å². The van der Waals surface area contributed by atoms with Gasteiger partial charge in [-0.2, -0.15) is 0 Å². The second-order valence-corrected chi connectivity index (χ2v) is 8.29. The number of nitrogens with zero attached hydrogens (tertiary/aromatic N) is 1. The number of rotatable bonds is 7. The molecule has 1 saturated heterocycles. The van der Waals surface area contributed by atoms with Crippen LogP contribution in [0.1, 0.15) is 54.6 Å². The van der Waals surface area contributed by atoms with Gasteiger partial charge in [-0.25, -0.2) is 13.6 Å². The highest BCUT2D eigenvalue weighted by molar-refractivity contribution is 5.96. The Labute approximate surface area is 179 Å². The van der Waals surface area contributed by atoms with Crippen molar-refractivity contribution >= 4 is 22.9 Å². The zero-order chi connectivity index (χ0) is 22.1. The molecule has 2 atom stereocenters. The van der Waals surface area contributed by atoms with Gasteiger partial charge >= 0.3 is 5.97 Å². The van der Waals surface area contributed by atoms with Crippen molar-refractivity contribution in [1.29, 1.82) is 0 Å². The number of benzene rings is 1. The van der Waals surface area contributed by atoms with Gasteiger partial charge in [-0.1, -0.05) is 12.2 Å². The summed E-state index contributed by atoms with van der Waals surface area (Å²) in [6, 6.07) is 1.15. The lowest BCUT2D eigenvalue weighted by molar-refractivity contribution is 0.0524. The lowest BCUT2D eigenvalue weighted by Gasteiger charge is -2.16. The number of hydrogen-bond acceptors (Lipinski definition) is 5. The molecule has 4 rings (SSSR count). The molecule has 6 nitrogen and oxygen atoms in total. The fraction of sp³-hybridized carbons (Fsp3) is 0.478. The molecule has 0 unspecified atom stereocenters. The van der Waals surface area contributed by atoms with E-state index in [9.17, 15) is 18.4 Å². The molecule has 8 heteroatoms. The summed E-state index contributed by atoms with van der Waals surface area (Å²) < 4.78 is 36.0. The van der Waals surface area contributed by atoms with Gasteiger partial charge in [0.2, 0.25) is 5.43 Å². The minimum Gasteiger partial charge on any atom is -0.462 e. The maximum atomic E-state index is 14.9. The number of hydrogen-bond donors (Lipinski definition) is 2. The highest BCUT2D eigenvalue weighted by Gasteiger charge is 2.29. The van der Waals surface area contributed by atoms with E-state index in [0.29, 0.717) is 24.4 Å². The number of pyridine rings is 1. The van der Waals surface area contributed by atoms with E-state index in [-0.39, 0.29) is 35.2 Å². The van der Waals surface area contributed by atoms with Crippen LogP contribution < -0.4 is 16.5 Å². The van der Waals surface area contributed by atoms with E-state index in [0.717, 1.165) is 31.9 Å². The smallest absolute Gasteiger partial charge is 0.343 e. The van der Waals surface area contributed by atoms with Crippen molar-refractivity contribution < 1.29 is 18.3 Å². The predicted octanol–water partition coefficient (Wildman–Crippen LogP) is 3.13. The van der Waals surface area contributed by atoms with Crippen molar-refractivity contribution in [2.24, 2.45) is 11.7 Å². The number of fused-ring (bicyclic) bond motifs is 1. The molecule has 1 saturated carbocycles. The SMILES string of the molecule is CCOC(=O)c1cn(C2CC2)c2c(/C=C\C[C@@H]3C[C@H](CN)CN3)c(F)c(F)cc2c1=O. The van der Waals surface area contributed by atoms with Gasteiger partial charge in [0.05, 0.1) is 17.5 Å². The second-order valence-electron chi connectivity index (χ2n) is 8.29. The standard InChI is InChI=1S/C23H27F2N3O3/c1-2-31-23(30)18-12-28(15-6-7-15)21-16(20(25)19(24)9-17(21)22(18)29)5-3-4-14-8-13(10-26)11-27-14/h3,5,9,12-15,27H,2,4,6-8,10-11,26H2,1H3/b5-3-/t13-,14-/m1/s1. The van der Waals surface area contributed by atoms with Crippen molar-refractivity contribution in [1.82, 2.24) is 9.88 Å². The molecule has 0 amide bonds. The summed E-state index contributed by atoms with van der Waals surface area (Å²) >= 11 is 0. The number of ether oxygens (including phenoxy) is 1. The second kappa shape index (κ2) is 8.88. The summed E-state index contributed by atoms with van der Waals surface area (Å²) in [5.41, 5.74) is 5.25. The zero-order valence-corrected chi connectivity index (χ0v) is 17.5. The Hall–Kier alpha value is -2.58. The Morgan fingerprint density at radius 3 is 2.81 bits per heavy atom. The van der Waals surface area contributed by atoms with Gasteiger partial charge in [-0.05, 0) is 57.7 Å². The summed E-state index contributed by atoms with van der Waals surface area (Å²) in [6.07, 6.45) is 8.03.